The number of anilines is 1. The molecular weight excluding hydrogens is 398 g/mol. The number of rotatable bonds is 6. The zero-order valence-corrected chi connectivity index (χ0v) is 16.2. The molecule has 8 nitrogen and oxygen atoms in total. The van der Waals surface area contributed by atoms with Gasteiger partial charge >= 0.3 is 5.97 Å². The number of benzene rings is 2. The Morgan fingerprint density at radius 2 is 1.83 bits per heavy atom. The lowest BCUT2D eigenvalue weighted by atomic mass is 9.95. The van der Waals surface area contributed by atoms with Gasteiger partial charge in [0.2, 0.25) is 4.93 Å². The number of nitrogens with one attached hydrogen (secondary N) is 1. The van der Waals surface area contributed by atoms with Crippen LogP contribution in [0.5, 0.6) is 11.5 Å². The number of phenols is 2. The van der Waals surface area contributed by atoms with Crippen molar-refractivity contribution in [1.29, 1.82) is 0 Å². The highest BCUT2D eigenvalue weighted by Crippen LogP contribution is 2.37. The second-order valence-corrected chi connectivity index (χ2v) is 8.34. The molecule has 2 aromatic rings. The van der Waals surface area contributed by atoms with Crippen molar-refractivity contribution in [3.05, 3.63) is 71.8 Å². The summed E-state index contributed by atoms with van der Waals surface area (Å²) in [5.74, 6) is -1.80. The molecule has 0 aliphatic heterocycles. The van der Waals surface area contributed by atoms with Crippen molar-refractivity contribution in [3.63, 3.8) is 0 Å². The maximum Gasteiger partial charge on any atom is 0.339 e. The summed E-state index contributed by atoms with van der Waals surface area (Å²) in [4.78, 5) is 9.28. The van der Waals surface area contributed by atoms with Gasteiger partial charge in [-0.2, -0.15) is 0 Å². The van der Waals surface area contributed by atoms with Crippen molar-refractivity contribution < 1.29 is 33.3 Å². The maximum absolute atomic E-state index is 13.1. The average molecular weight is 417 g/mol. The van der Waals surface area contributed by atoms with Gasteiger partial charge in [0.25, 0.3) is 10.0 Å². The minimum absolute atomic E-state index is 0.000694. The number of allylic oxidation sites excluding steroid dienone is 2. The molecule has 2 aromatic carbocycles. The van der Waals surface area contributed by atoms with Crippen LogP contribution in [-0.4, -0.2) is 41.7 Å². The average Bonchev–Trinajstić information content (AvgIpc) is 2.68. The Hall–Kier alpha value is -3.30. The molecule has 0 saturated carbocycles. The van der Waals surface area contributed by atoms with Crippen LogP contribution in [-0.2, 0) is 14.8 Å². The number of phenolic OH excluding ortho intramolecular Hbond substituents is 1. The van der Waals surface area contributed by atoms with E-state index in [1.807, 2.05) is 0 Å². The summed E-state index contributed by atoms with van der Waals surface area (Å²) in [5.41, 5.74) is 1.07. The number of hydrogen-bond acceptors (Lipinski definition) is 6. The van der Waals surface area contributed by atoms with E-state index < -0.39 is 26.7 Å². The molecule has 1 unspecified atom stereocenters. The molecule has 9 heteroatoms. The van der Waals surface area contributed by atoms with Crippen LogP contribution in [0.25, 0.3) is 5.57 Å². The molecule has 0 radical (unpaired) electrons. The fourth-order valence-corrected chi connectivity index (χ4v) is 4.45. The van der Waals surface area contributed by atoms with Crippen LogP contribution in [0.2, 0.25) is 0 Å². The fraction of sp³-hybridized carbons (Fsp3) is 0.150. The third kappa shape index (κ3) is 3.96. The highest BCUT2D eigenvalue weighted by molar-refractivity contribution is 7.94. The zero-order valence-electron chi connectivity index (χ0n) is 15.4. The second kappa shape index (κ2) is 7.61. The van der Waals surface area contributed by atoms with E-state index in [1.165, 1.54) is 31.4 Å². The van der Waals surface area contributed by atoms with Gasteiger partial charge in [-0.25, -0.2) is 13.2 Å². The molecule has 0 heterocycles. The van der Waals surface area contributed by atoms with Gasteiger partial charge in [-0.15, -0.1) is 0 Å². The van der Waals surface area contributed by atoms with E-state index in [9.17, 15) is 23.4 Å². The molecule has 152 valence electrons. The lowest BCUT2D eigenvalue weighted by molar-refractivity contribution is 0.0693. The number of sulfonamides is 1. The Labute approximate surface area is 167 Å². The van der Waals surface area contributed by atoms with Gasteiger partial charge in [-0.05, 0) is 41.5 Å². The lowest BCUT2D eigenvalue weighted by Crippen LogP contribution is -2.43. The van der Waals surface area contributed by atoms with Crippen LogP contribution in [0.15, 0.2) is 60.7 Å². The van der Waals surface area contributed by atoms with Crippen molar-refractivity contribution in [1.82, 2.24) is 0 Å². The minimum atomic E-state index is -4.15. The van der Waals surface area contributed by atoms with E-state index in [2.05, 4.69) is 4.72 Å². The first-order valence-corrected chi connectivity index (χ1v) is 9.97. The molecule has 0 spiro atoms. The number of hydrogen-bond donors (Lipinski definition) is 4. The standard InChI is InChI=1S/C20H19NO7S/c1-28-20(10-2-3-14(12-20)13-4-7-16(22)8-5-13)29(26,27)21-15-6-9-17(19(24)25)18(23)11-15/h2-11,21-23H,12H2,1H3,(H,24,25). The van der Waals surface area contributed by atoms with E-state index >= 15 is 0 Å². The van der Waals surface area contributed by atoms with Crippen molar-refractivity contribution in [3.8, 4) is 11.5 Å². The first-order chi connectivity index (χ1) is 13.7. The molecule has 0 fully saturated rings. The van der Waals surface area contributed by atoms with Crippen LogP contribution in [0, 0.1) is 0 Å². The number of methoxy groups -OCH3 is 1. The molecule has 1 atom stereocenters. The first-order valence-electron chi connectivity index (χ1n) is 8.49. The van der Waals surface area contributed by atoms with Crippen LogP contribution < -0.4 is 4.72 Å². The fourth-order valence-electron chi connectivity index (χ4n) is 3.02. The number of carboxylic acids is 1. The molecule has 0 aromatic heterocycles. The van der Waals surface area contributed by atoms with E-state index in [1.54, 1.807) is 24.3 Å². The molecule has 0 saturated heterocycles. The summed E-state index contributed by atoms with van der Waals surface area (Å²) in [6.45, 7) is 0. The normalized spacial score (nSPS) is 18.9. The molecular formula is C20H19NO7S. The maximum atomic E-state index is 13.1. The van der Waals surface area contributed by atoms with Gasteiger partial charge in [-0.1, -0.05) is 24.3 Å². The van der Waals surface area contributed by atoms with Crippen molar-refractivity contribution in [2.24, 2.45) is 0 Å². The lowest BCUT2D eigenvalue weighted by Gasteiger charge is -2.32. The van der Waals surface area contributed by atoms with Gasteiger partial charge < -0.3 is 20.1 Å². The number of aromatic hydroxyl groups is 2. The molecule has 4 N–H and O–H groups in total. The predicted octanol–water partition coefficient (Wildman–Crippen LogP) is 2.92. The number of carbonyl (C=O) groups is 1. The molecule has 3 rings (SSSR count). The third-order valence-corrected chi connectivity index (χ3v) is 6.46. The summed E-state index contributed by atoms with van der Waals surface area (Å²) in [6, 6.07) is 9.71. The Balaban J connectivity index is 1.91. The van der Waals surface area contributed by atoms with E-state index in [-0.39, 0.29) is 23.4 Å². The van der Waals surface area contributed by atoms with Crippen molar-refractivity contribution in [2.75, 3.05) is 11.8 Å². The molecule has 0 bridgehead atoms. The topological polar surface area (TPSA) is 133 Å². The van der Waals surface area contributed by atoms with Crippen LogP contribution in [0.1, 0.15) is 22.3 Å². The van der Waals surface area contributed by atoms with E-state index in [0.29, 0.717) is 5.57 Å². The number of aromatic carboxylic acids is 1. The zero-order chi connectivity index (χ0) is 21.2. The molecule has 1 aliphatic carbocycles. The van der Waals surface area contributed by atoms with E-state index in [4.69, 9.17) is 9.84 Å². The van der Waals surface area contributed by atoms with Crippen LogP contribution in [0.4, 0.5) is 5.69 Å². The summed E-state index contributed by atoms with van der Waals surface area (Å²) >= 11 is 0. The number of ether oxygens (including phenoxy) is 1. The highest BCUT2D eigenvalue weighted by Gasteiger charge is 2.44. The smallest absolute Gasteiger partial charge is 0.339 e. The monoisotopic (exact) mass is 417 g/mol. The SMILES string of the molecule is COC1(S(=O)(=O)Nc2ccc(C(=O)O)c(O)c2)C=CC=C(c2ccc(O)cc2)C1. The van der Waals surface area contributed by atoms with Gasteiger partial charge in [0, 0.05) is 19.6 Å². The molecule has 1 aliphatic rings. The predicted molar refractivity (Wildman–Crippen MR) is 107 cm³/mol. The Bertz CT molecular complexity index is 1100. The summed E-state index contributed by atoms with van der Waals surface area (Å²) < 4.78 is 34.0. The third-order valence-electron chi connectivity index (χ3n) is 4.60. The molecule has 29 heavy (non-hydrogen) atoms. The van der Waals surface area contributed by atoms with Gasteiger partial charge in [0.05, 0.1) is 5.69 Å². The Morgan fingerprint density at radius 3 is 2.41 bits per heavy atom. The quantitative estimate of drug-likeness (QED) is 0.568. The Morgan fingerprint density at radius 1 is 1.14 bits per heavy atom. The summed E-state index contributed by atoms with van der Waals surface area (Å²) in [5, 5.41) is 28.2. The van der Waals surface area contributed by atoms with Gasteiger partial charge in [-0.3, -0.25) is 4.72 Å². The van der Waals surface area contributed by atoms with Gasteiger partial charge in [0.1, 0.15) is 17.1 Å². The number of carboxylic acid groups (broad SMARTS) is 1. The van der Waals surface area contributed by atoms with Crippen molar-refractivity contribution in [2.45, 2.75) is 11.4 Å². The highest BCUT2D eigenvalue weighted by atomic mass is 32.2. The van der Waals surface area contributed by atoms with Crippen LogP contribution in [0.3, 0.4) is 0 Å². The summed E-state index contributed by atoms with van der Waals surface area (Å²) in [7, 11) is -2.88. The van der Waals surface area contributed by atoms with Gasteiger partial charge in [0.15, 0.2) is 0 Å². The molecule has 0 amide bonds. The second-order valence-electron chi connectivity index (χ2n) is 6.43. The Kier molecular flexibility index (Phi) is 5.36. The van der Waals surface area contributed by atoms with Crippen molar-refractivity contribution >= 4 is 27.3 Å². The summed E-state index contributed by atoms with van der Waals surface area (Å²) in [6.07, 6.45) is 4.73. The van der Waals surface area contributed by atoms with Crippen LogP contribution >= 0.6 is 0 Å². The largest absolute Gasteiger partial charge is 0.508 e. The minimum Gasteiger partial charge on any atom is -0.508 e. The van der Waals surface area contributed by atoms with E-state index in [0.717, 1.165) is 17.7 Å². The first kappa shape index (κ1) is 20.4.